The van der Waals surface area contributed by atoms with Crippen molar-refractivity contribution < 1.29 is 19.0 Å². The van der Waals surface area contributed by atoms with E-state index < -0.39 is 5.97 Å². The summed E-state index contributed by atoms with van der Waals surface area (Å²) in [6.45, 7) is 2.55. The third kappa shape index (κ3) is 4.80. The second-order valence-electron chi connectivity index (χ2n) is 6.17. The van der Waals surface area contributed by atoms with Crippen LogP contribution in [0.1, 0.15) is 38.2 Å². The molecule has 2 rings (SSSR count). The maximum absolute atomic E-state index is 13.3. The molecule has 132 valence electrons. The molecule has 0 spiro atoms. The zero-order valence-corrected chi connectivity index (χ0v) is 15.5. The van der Waals surface area contributed by atoms with Gasteiger partial charge in [-0.1, -0.05) is 22.0 Å². The monoisotopic (exact) mass is 399 g/mol. The summed E-state index contributed by atoms with van der Waals surface area (Å²) in [5.41, 5.74) is 1.67. The molecule has 4 nitrogen and oxygen atoms in total. The van der Waals surface area contributed by atoms with Crippen molar-refractivity contribution in [3.05, 3.63) is 39.7 Å². The van der Waals surface area contributed by atoms with E-state index in [1.807, 2.05) is 6.92 Å². The number of carbonyl (C=O) groups excluding carboxylic acids is 1. The summed E-state index contributed by atoms with van der Waals surface area (Å²) >= 11 is 3.31. The highest BCUT2D eigenvalue weighted by molar-refractivity contribution is 9.10. The maximum Gasteiger partial charge on any atom is 0.340 e. The van der Waals surface area contributed by atoms with E-state index in [2.05, 4.69) is 21.2 Å². The van der Waals surface area contributed by atoms with Crippen LogP contribution in [0.15, 0.2) is 28.4 Å². The fraction of sp³-hybridized carbons (Fsp3) is 0.500. The van der Waals surface area contributed by atoms with Gasteiger partial charge in [0.05, 0.1) is 18.8 Å². The molecule has 1 aromatic carbocycles. The number of allylic oxidation sites excluding steroid dienone is 1. The molecule has 1 fully saturated rings. The Morgan fingerprint density at radius 3 is 2.62 bits per heavy atom. The predicted molar refractivity (Wildman–Crippen MR) is 94.7 cm³/mol. The number of hydrogen-bond donors (Lipinski definition) is 2. The Bertz CT molecular complexity index is 625. The van der Waals surface area contributed by atoms with Gasteiger partial charge in [0.1, 0.15) is 5.82 Å². The molecule has 1 aliphatic rings. The normalized spacial score (nSPS) is 21.9. The van der Waals surface area contributed by atoms with Crippen LogP contribution < -0.4 is 5.32 Å². The van der Waals surface area contributed by atoms with Crippen molar-refractivity contribution in [3.8, 4) is 0 Å². The van der Waals surface area contributed by atoms with Gasteiger partial charge < -0.3 is 15.2 Å². The number of carbonyl (C=O) groups is 1. The van der Waals surface area contributed by atoms with Gasteiger partial charge in [-0.05, 0) is 50.7 Å². The van der Waals surface area contributed by atoms with Gasteiger partial charge in [0.25, 0.3) is 0 Å². The van der Waals surface area contributed by atoms with Crippen LogP contribution in [0.3, 0.4) is 0 Å². The maximum atomic E-state index is 13.3. The van der Waals surface area contributed by atoms with Gasteiger partial charge in [-0.15, -0.1) is 0 Å². The first-order chi connectivity index (χ1) is 11.4. The number of esters is 1. The van der Waals surface area contributed by atoms with Crippen molar-refractivity contribution in [2.45, 2.75) is 38.7 Å². The number of halogens is 2. The largest absolute Gasteiger partial charge is 0.465 e. The van der Waals surface area contributed by atoms with Crippen molar-refractivity contribution in [3.63, 3.8) is 0 Å². The average Bonchev–Trinajstić information content (AvgIpc) is 2.56. The molecule has 0 aromatic heterocycles. The second-order valence-corrected chi connectivity index (χ2v) is 7.03. The number of aliphatic hydroxyl groups excluding tert-OH is 1. The standard InChI is InChI=1S/C18H23BrFNO3/c1-11(21-10-12-3-6-14(22)7-4-12)17(18(23)24-2)15-8-5-13(20)9-16(15)19/h5,8-9,12,14,21-22H,3-4,6-7,10H2,1-2H3/b17-11-. The third-order valence-corrected chi connectivity index (χ3v) is 5.09. The van der Waals surface area contributed by atoms with Crippen molar-refractivity contribution in [1.82, 2.24) is 5.32 Å². The minimum Gasteiger partial charge on any atom is -0.465 e. The Hall–Kier alpha value is -1.40. The van der Waals surface area contributed by atoms with E-state index in [0.717, 1.165) is 32.2 Å². The molecule has 0 aliphatic heterocycles. The highest BCUT2D eigenvalue weighted by Gasteiger charge is 2.22. The first-order valence-corrected chi connectivity index (χ1v) is 8.88. The fourth-order valence-corrected chi connectivity index (χ4v) is 3.54. The number of ether oxygens (including phenoxy) is 1. The Balaban J connectivity index is 2.18. The molecule has 24 heavy (non-hydrogen) atoms. The number of hydrogen-bond acceptors (Lipinski definition) is 4. The molecule has 1 saturated carbocycles. The molecule has 6 heteroatoms. The third-order valence-electron chi connectivity index (χ3n) is 4.44. The molecule has 0 unspecified atom stereocenters. The lowest BCUT2D eigenvalue weighted by Crippen LogP contribution is -2.28. The van der Waals surface area contributed by atoms with Crippen molar-refractivity contribution in [2.75, 3.05) is 13.7 Å². The van der Waals surface area contributed by atoms with Gasteiger partial charge in [-0.2, -0.15) is 0 Å². The van der Waals surface area contributed by atoms with E-state index in [9.17, 15) is 14.3 Å². The van der Waals surface area contributed by atoms with Gasteiger partial charge in [0, 0.05) is 22.3 Å². The quantitative estimate of drug-likeness (QED) is 0.586. The molecule has 0 amide bonds. The van der Waals surface area contributed by atoms with E-state index in [1.54, 1.807) is 6.07 Å². The molecular formula is C18H23BrFNO3. The number of nitrogens with one attached hydrogen (secondary N) is 1. The Kier molecular flexibility index (Phi) is 6.80. The molecule has 0 heterocycles. The van der Waals surface area contributed by atoms with E-state index in [4.69, 9.17) is 4.74 Å². The van der Waals surface area contributed by atoms with Gasteiger partial charge in [-0.3, -0.25) is 0 Å². The highest BCUT2D eigenvalue weighted by Crippen LogP contribution is 2.29. The summed E-state index contributed by atoms with van der Waals surface area (Å²) in [6.07, 6.45) is 3.40. The van der Waals surface area contributed by atoms with Crippen molar-refractivity contribution in [1.29, 1.82) is 0 Å². The van der Waals surface area contributed by atoms with E-state index >= 15 is 0 Å². The molecule has 1 aliphatic carbocycles. The van der Waals surface area contributed by atoms with Gasteiger partial charge in [0.15, 0.2) is 0 Å². The van der Waals surface area contributed by atoms with E-state index in [1.165, 1.54) is 19.2 Å². The zero-order valence-electron chi connectivity index (χ0n) is 13.9. The topological polar surface area (TPSA) is 58.6 Å². The summed E-state index contributed by atoms with van der Waals surface area (Å²) in [5, 5.41) is 12.9. The first kappa shape index (κ1) is 18.9. The van der Waals surface area contributed by atoms with Crippen LogP contribution in [-0.2, 0) is 9.53 Å². The lowest BCUT2D eigenvalue weighted by Gasteiger charge is -2.26. The van der Waals surface area contributed by atoms with E-state index in [0.29, 0.717) is 27.2 Å². The number of aliphatic hydroxyl groups is 1. The summed E-state index contributed by atoms with van der Waals surface area (Å²) < 4.78 is 18.7. The molecule has 0 saturated heterocycles. The van der Waals surface area contributed by atoms with Gasteiger partial charge >= 0.3 is 5.97 Å². The van der Waals surface area contributed by atoms with Gasteiger partial charge in [-0.25, -0.2) is 9.18 Å². The summed E-state index contributed by atoms with van der Waals surface area (Å²) in [5.74, 6) is -0.369. The summed E-state index contributed by atoms with van der Waals surface area (Å²) in [6, 6.07) is 4.21. The number of rotatable bonds is 5. The van der Waals surface area contributed by atoms with Crippen molar-refractivity contribution >= 4 is 27.5 Å². The Labute approximate surface area is 150 Å². The van der Waals surface area contributed by atoms with Gasteiger partial charge in [0.2, 0.25) is 0 Å². The lowest BCUT2D eigenvalue weighted by molar-refractivity contribution is -0.133. The van der Waals surface area contributed by atoms with Crippen molar-refractivity contribution in [2.24, 2.45) is 5.92 Å². The van der Waals surface area contributed by atoms with Crippen LogP contribution in [0.25, 0.3) is 5.57 Å². The average molecular weight is 400 g/mol. The van der Waals surface area contributed by atoms with Crippen LogP contribution in [-0.4, -0.2) is 30.8 Å². The Morgan fingerprint density at radius 1 is 1.38 bits per heavy atom. The van der Waals surface area contributed by atoms with Crippen LogP contribution in [0.2, 0.25) is 0 Å². The lowest BCUT2D eigenvalue weighted by atomic mass is 9.87. The Morgan fingerprint density at radius 2 is 2.04 bits per heavy atom. The van der Waals surface area contributed by atoms with Crippen LogP contribution in [0, 0.1) is 11.7 Å². The molecule has 0 bridgehead atoms. The molecule has 0 atom stereocenters. The number of benzene rings is 1. The van der Waals surface area contributed by atoms with Crippen LogP contribution in [0.5, 0.6) is 0 Å². The van der Waals surface area contributed by atoms with E-state index in [-0.39, 0.29) is 11.9 Å². The SMILES string of the molecule is COC(=O)/C(=C(/C)NCC1CCC(O)CC1)c1ccc(F)cc1Br. The minimum absolute atomic E-state index is 0.182. The second kappa shape index (κ2) is 8.62. The smallest absolute Gasteiger partial charge is 0.340 e. The minimum atomic E-state index is -0.466. The number of methoxy groups -OCH3 is 1. The predicted octanol–water partition coefficient (Wildman–Crippen LogP) is 3.63. The highest BCUT2D eigenvalue weighted by atomic mass is 79.9. The summed E-state index contributed by atoms with van der Waals surface area (Å²) in [7, 11) is 1.33. The summed E-state index contributed by atoms with van der Waals surface area (Å²) in [4.78, 5) is 12.2. The molecule has 0 radical (unpaired) electrons. The first-order valence-electron chi connectivity index (χ1n) is 8.09. The van der Waals surface area contributed by atoms with Crippen LogP contribution >= 0.6 is 15.9 Å². The zero-order chi connectivity index (χ0) is 17.7. The molecule has 1 aromatic rings. The fourth-order valence-electron chi connectivity index (χ4n) is 2.99. The molecule has 2 N–H and O–H groups in total. The van der Waals surface area contributed by atoms with Crippen LogP contribution in [0.4, 0.5) is 4.39 Å². The molecular weight excluding hydrogens is 377 g/mol.